The van der Waals surface area contributed by atoms with Gasteiger partial charge in [-0.05, 0) is 6.92 Å². The van der Waals surface area contributed by atoms with Crippen LogP contribution < -0.4 is 0 Å². The summed E-state index contributed by atoms with van der Waals surface area (Å²) in [6, 6.07) is 0. The van der Waals surface area contributed by atoms with Crippen molar-refractivity contribution >= 4 is 0 Å². The van der Waals surface area contributed by atoms with Crippen molar-refractivity contribution in [3.63, 3.8) is 0 Å². The summed E-state index contributed by atoms with van der Waals surface area (Å²) < 4.78 is 4.38. The number of hydrogen-bond acceptors (Lipinski definition) is 7. The number of rotatable bonds is 4. The Morgan fingerprint density at radius 2 is 1.64 bits per heavy atom. The minimum Gasteiger partial charge on any atom is -0.394 e. The van der Waals surface area contributed by atoms with E-state index in [0.29, 0.717) is 0 Å². The van der Waals surface area contributed by atoms with Gasteiger partial charge < -0.3 is 35.4 Å². The van der Waals surface area contributed by atoms with Crippen LogP contribution in [0.1, 0.15) is 6.92 Å². The maximum absolute atomic E-state index is 9.36. The van der Waals surface area contributed by atoms with Crippen molar-refractivity contribution in [3.05, 3.63) is 0 Å². The molecule has 1 unspecified atom stereocenters. The van der Waals surface area contributed by atoms with Crippen LogP contribution in [-0.4, -0.2) is 67.1 Å². The van der Waals surface area contributed by atoms with Crippen LogP contribution in [0.15, 0.2) is 0 Å². The highest BCUT2D eigenvalue weighted by atomic mass is 16.8. The minimum absolute atomic E-state index is 0.781. The van der Waals surface area contributed by atoms with Crippen LogP contribution in [0.4, 0.5) is 0 Å². The summed E-state index contributed by atoms with van der Waals surface area (Å²) >= 11 is 0. The second-order valence-electron chi connectivity index (χ2n) is 3.47. The Morgan fingerprint density at radius 3 is 1.93 bits per heavy atom. The van der Waals surface area contributed by atoms with Crippen LogP contribution in [0.3, 0.4) is 0 Å². The highest BCUT2D eigenvalue weighted by molar-refractivity contribution is 5.05. The standard InChI is InChI=1S/C7H14O7/c1-6(12)7(13,14-6)5(11)4(10)3(9)2-8/h3-5,8-13H,2H2,1H3/t3-,4-,5-,6?,7+/m0/s1. The monoisotopic (exact) mass is 210 g/mol. The van der Waals surface area contributed by atoms with E-state index in [4.69, 9.17) is 15.3 Å². The molecule has 0 bridgehead atoms. The molecule has 1 aliphatic rings. The maximum Gasteiger partial charge on any atom is 0.253 e. The molecule has 14 heavy (non-hydrogen) atoms. The van der Waals surface area contributed by atoms with Crippen molar-refractivity contribution < 1.29 is 35.4 Å². The molecule has 7 heteroatoms. The first kappa shape index (κ1) is 11.8. The first-order chi connectivity index (χ1) is 6.26. The Labute approximate surface area is 79.8 Å². The Balaban J connectivity index is 2.63. The van der Waals surface area contributed by atoms with E-state index in [1.807, 2.05) is 0 Å². The molecule has 5 atom stereocenters. The Bertz CT molecular complexity index is 218. The van der Waals surface area contributed by atoms with Gasteiger partial charge in [-0.2, -0.15) is 0 Å². The molecule has 1 heterocycles. The van der Waals surface area contributed by atoms with Gasteiger partial charge >= 0.3 is 0 Å². The fraction of sp³-hybridized carbons (Fsp3) is 1.00. The Morgan fingerprint density at radius 1 is 1.21 bits per heavy atom. The van der Waals surface area contributed by atoms with Gasteiger partial charge in [0.2, 0.25) is 5.79 Å². The van der Waals surface area contributed by atoms with E-state index in [1.54, 1.807) is 0 Å². The van der Waals surface area contributed by atoms with E-state index in [9.17, 15) is 15.3 Å². The zero-order chi connectivity index (χ0) is 11.1. The molecule has 0 saturated carbocycles. The fourth-order valence-corrected chi connectivity index (χ4v) is 1.16. The first-order valence-electron chi connectivity index (χ1n) is 4.06. The molecule has 0 radical (unpaired) electrons. The minimum atomic E-state index is -2.30. The SMILES string of the molecule is CC1(O)O[C@]1(O)[C@@H](O)[C@@H](O)[C@@H](O)CO. The van der Waals surface area contributed by atoms with E-state index < -0.39 is 36.5 Å². The second kappa shape index (κ2) is 3.38. The van der Waals surface area contributed by atoms with Gasteiger partial charge in [-0.15, -0.1) is 0 Å². The molecule has 7 nitrogen and oxygen atoms in total. The summed E-state index contributed by atoms with van der Waals surface area (Å²) in [5.74, 6) is -4.26. The highest BCUT2D eigenvalue weighted by Gasteiger charge is 2.72. The molecule has 0 amide bonds. The van der Waals surface area contributed by atoms with E-state index >= 15 is 0 Å². The topological polar surface area (TPSA) is 134 Å². The van der Waals surface area contributed by atoms with E-state index in [-0.39, 0.29) is 0 Å². The van der Waals surface area contributed by atoms with Gasteiger partial charge in [0, 0.05) is 0 Å². The molecule has 0 aromatic rings. The van der Waals surface area contributed by atoms with Crippen LogP contribution >= 0.6 is 0 Å². The number of aliphatic hydroxyl groups excluding tert-OH is 4. The van der Waals surface area contributed by atoms with Crippen LogP contribution in [0.25, 0.3) is 0 Å². The van der Waals surface area contributed by atoms with Crippen molar-refractivity contribution in [1.29, 1.82) is 0 Å². The van der Waals surface area contributed by atoms with Gasteiger partial charge in [0.05, 0.1) is 6.61 Å². The van der Waals surface area contributed by atoms with Gasteiger partial charge in [-0.25, -0.2) is 0 Å². The van der Waals surface area contributed by atoms with Gasteiger partial charge in [0.15, 0.2) is 0 Å². The third-order valence-corrected chi connectivity index (χ3v) is 2.28. The summed E-state index contributed by atoms with van der Waals surface area (Å²) in [5.41, 5.74) is 0. The molecule has 0 aromatic carbocycles. The largest absolute Gasteiger partial charge is 0.394 e. The summed E-state index contributed by atoms with van der Waals surface area (Å²) in [6.45, 7) is 0.310. The lowest BCUT2D eigenvalue weighted by molar-refractivity contribution is -0.158. The lowest BCUT2D eigenvalue weighted by Crippen LogP contribution is -2.50. The van der Waals surface area contributed by atoms with E-state index in [1.165, 1.54) is 0 Å². The summed E-state index contributed by atoms with van der Waals surface area (Å²) in [7, 11) is 0. The predicted octanol–water partition coefficient (Wildman–Crippen LogP) is -3.51. The van der Waals surface area contributed by atoms with Crippen LogP contribution in [0, 0.1) is 0 Å². The maximum atomic E-state index is 9.36. The van der Waals surface area contributed by atoms with Crippen LogP contribution in [0.5, 0.6) is 0 Å². The van der Waals surface area contributed by atoms with Gasteiger partial charge in [0.1, 0.15) is 18.3 Å². The number of ether oxygens (including phenoxy) is 1. The molecule has 1 aliphatic heterocycles. The van der Waals surface area contributed by atoms with Crippen LogP contribution in [-0.2, 0) is 4.74 Å². The molecule has 84 valence electrons. The molecule has 0 spiro atoms. The average molecular weight is 210 g/mol. The third kappa shape index (κ3) is 1.63. The van der Waals surface area contributed by atoms with Gasteiger partial charge in [0.25, 0.3) is 5.79 Å². The Hall–Kier alpha value is -0.280. The molecule has 0 aromatic heterocycles. The fourth-order valence-electron chi connectivity index (χ4n) is 1.16. The molecule has 1 saturated heterocycles. The van der Waals surface area contributed by atoms with Gasteiger partial charge in [-0.1, -0.05) is 0 Å². The molecular formula is C7H14O7. The molecule has 1 fully saturated rings. The third-order valence-electron chi connectivity index (χ3n) is 2.28. The van der Waals surface area contributed by atoms with Gasteiger partial charge in [-0.3, -0.25) is 0 Å². The second-order valence-corrected chi connectivity index (χ2v) is 3.47. The number of epoxide rings is 1. The normalized spacial score (nSPS) is 43.1. The zero-order valence-corrected chi connectivity index (χ0v) is 7.53. The van der Waals surface area contributed by atoms with E-state index in [2.05, 4.69) is 4.74 Å². The quantitative estimate of drug-likeness (QED) is 0.265. The lowest BCUT2D eigenvalue weighted by atomic mass is 10.0. The lowest BCUT2D eigenvalue weighted by Gasteiger charge is -2.23. The van der Waals surface area contributed by atoms with Crippen molar-refractivity contribution in [3.8, 4) is 0 Å². The average Bonchev–Trinajstić information content (AvgIpc) is 2.63. The van der Waals surface area contributed by atoms with E-state index in [0.717, 1.165) is 6.92 Å². The number of hydrogen-bond donors (Lipinski definition) is 6. The molecule has 1 rings (SSSR count). The molecule has 0 aliphatic carbocycles. The smallest absolute Gasteiger partial charge is 0.253 e. The van der Waals surface area contributed by atoms with Crippen molar-refractivity contribution in [2.24, 2.45) is 0 Å². The molecule has 6 N–H and O–H groups in total. The molecular weight excluding hydrogens is 196 g/mol. The van der Waals surface area contributed by atoms with Crippen molar-refractivity contribution in [2.75, 3.05) is 6.61 Å². The van der Waals surface area contributed by atoms with Crippen molar-refractivity contribution in [1.82, 2.24) is 0 Å². The summed E-state index contributed by atoms with van der Waals surface area (Å²) in [5, 5.41) is 54.4. The highest BCUT2D eigenvalue weighted by Crippen LogP contribution is 2.46. The predicted molar refractivity (Wildman–Crippen MR) is 41.8 cm³/mol. The Kier molecular flexibility index (Phi) is 2.85. The number of aliphatic hydroxyl groups is 6. The van der Waals surface area contributed by atoms with Crippen LogP contribution in [0.2, 0.25) is 0 Å². The first-order valence-corrected chi connectivity index (χ1v) is 4.06. The zero-order valence-electron chi connectivity index (χ0n) is 7.53. The summed E-state index contributed by atoms with van der Waals surface area (Å²) in [6.07, 6.45) is -5.33. The van der Waals surface area contributed by atoms with Crippen molar-refractivity contribution in [2.45, 2.75) is 36.8 Å². The summed E-state index contributed by atoms with van der Waals surface area (Å²) in [4.78, 5) is 0.